The standard InChI is InChI=1S/C47H35FNO6P/c1-54-34-26-23-32(24-27-34)42(50)41-40(45(52)55-2)43(56(35-17-9-4-10-18-35,36-19-11-5-12-20-36)37-21-13-6-14-22-37)44(51)47(41)38-29-33(48)25-28-39(38)49(46(47)53)30-31-15-7-3-8-16-31/h3-29H,30H2,1-2H3. The highest BCUT2D eigenvalue weighted by Gasteiger charge is 2.67. The first kappa shape index (κ1) is 36.4. The van der Waals surface area contributed by atoms with Gasteiger partial charge >= 0.3 is 5.97 Å². The normalized spacial score (nSPS) is 16.3. The Morgan fingerprint density at radius 3 is 1.70 bits per heavy atom. The predicted molar refractivity (Wildman–Crippen MR) is 217 cm³/mol. The van der Waals surface area contributed by atoms with Gasteiger partial charge in [-0.05, 0) is 70.8 Å². The number of anilines is 1. The van der Waals surface area contributed by atoms with Gasteiger partial charge in [0, 0.05) is 27.7 Å². The number of benzene rings is 6. The van der Waals surface area contributed by atoms with Crippen LogP contribution in [0.25, 0.3) is 0 Å². The first-order chi connectivity index (χ1) is 27.3. The largest absolute Gasteiger partial charge is 0.497 e. The molecule has 0 saturated heterocycles. The van der Waals surface area contributed by atoms with E-state index in [1.807, 2.05) is 121 Å². The van der Waals surface area contributed by atoms with Crippen molar-refractivity contribution in [2.24, 2.45) is 0 Å². The second-order valence-corrected chi connectivity index (χ2v) is 16.8. The molecule has 1 spiro atoms. The van der Waals surface area contributed by atoms with E-state index in [2.05, 4.69) is 0 Å². The fourth-order valence-corrected chi connectivity index (χ4v) is 12.7. The van der Waals surface area contributed by atoms with Crippen molar-refractivity contribution in [1.82, 2.24) is 0 Å². The quantitative estimate of drug-likeness (QED) is 0.0705. The van der Waals surface area contributed by atoms with Crippen LogP contribution < -0.4 is 25.6 Å². The third kappa shape index (κ3) is 5.48. The fraction of sp³-hybridized carbons (Fsp3) is 0.0851. The van der Waals surface area contributed by atoms with Crippen molar-refractivity contribution < 1.29 is 33.0 Å². The zero-order valence-electron chi connectivity index (χ0n) is 30.5. The van der Waals surface area contributed by atoms with E-state index >= 15 is 18.8 Å². The van der Waals surface area contributed by atoms with Crippen LogP contribution in [0.1, 0.15) is 21.5 Å². The van der Waals surface area contributed by atoms with Gasteiger partial charge in [-0.15, -0.1) is 0 Å². The summed E-state index contributed by atoms with van der Waals surface area (Å²) in [6.45, 7) is -3.49. The molecule has 1 unspecified atom stereocenters. The topological polar surface area (TPSA) is 90.0 Å². The van der Waals surface area contributed by atoms with Gasteiger partial charge in [-0.2, -0.15) is 0 Å². The Bertz CT molecular complexity index is 2510. The third-order valence-electron chi connectivity index (χ3n) is 10.6. The van der Waals surface area contributed by atoms with Gasteiger partial charge in [0.2, 0.25) is 0 Å². The number of ketones is 2. The lowest BCUT2D eigenvalue weighted by atomic mass is 9.72. The Kier molecular flexibility index (Phi) is 9.44. The lowest BCUT2D eigenvalue weighted by Gasteiger charge is -2.32. The average Bonchev–Trinajstić information content (AvgIpc) is 3.66. The molecule has 0 N–H and O–H groups in total. The Hall–Kier alpha value is -6.63. The molecule has 2 aliphatic rings. The Morgan fingerprint density at radius 1 is 0.679 bits per heavy atom. The van der Waals surface area contributed by atoms with Crippen molar-refractivity contribution >= 4 is 57.2 Å². The van der Waals surface area contributed by atoms with Crippen molar-refractivity contribution in [3.05, 3.63) is 197 Å². The molecule has 7 nitrogen and oxygen atoms in total. The number of halogens is 1. The van der Waals surface area contributed by atoms with E-state index in [0.29, 0.717) is 21.7 Å². The van der Waals surface area contributed by atoms with Crippen LogP contribution in [0, 0.1) is 5.82 Å². The second kappa shape index (κ2) is 14.5. The SMILES string of the molecule is COC(=O)C1=C(C(=O)c2ccc(OC)cc2)C2(C(=O)C1=P(c1ccccc1)(c1ccccc1)c1ccccc1)C(=O)N(Cc1ccccc1)c1ccc(F)cc12. The third-order valence-corrected chi connectivity index (χ3v) is 14.9. The molecule has 6 aromatic carbocycles. The number of amides is 1. The molecule has 0 saturated carbocycles. The number of fused-ring (bicyclic) bond motifs is 2. The summed E-state index contributed by atoms with van der Waals surface area (Å²) in [5.41, 5.74) is -2.10. The second-order valence-electron chi connectivity index (χ2n) is 13.4. The predicted octanol–water partition coefficient (Wildman–Crippen LogP) is 6.72. The summed E-state index contributed by atoms with van der Waals surface area (Å²) in [4.78, 5) is 63.8. The Labute approximate surface area is 323 Å². The van der Waals surface area contributed by atoms with E-state index in [-0.39, 0.29) is 39.8 Å². The summed E-state index contributed by atoms with van der Waals surface area (Å²) in [5.74, 6) is -3.53. The first-order valence-electron chi connectivity index (χ1n) is 17.9. The van der Waals surface area contributed by atoms with Gasteiger partial charge in [0.1, 0.15) is 11.6 Å². The zero-order chi connectivity index (χ0) is 39.0. The number of nitrogens with zero attached hydrogens (tertiary/aromatic N) is 1. The van der Waals surface area contributed by atoms with Crippen LogP contribution in [-0.4, -0.2) is 43.0 Å². The van der Waals surface area contributed by atoms with Crippen LogP contribution in [0.5, 0.6) is 5.75 Å². The van der Waals surface area contributed by atoms with Crippen LogP contribution in [0.4, 0.5) is 10.1 Å². The van der Waals surface area contributed by atoms with E-state index in [1.54, 1.807) is 12.1 Å². The molecule has 1 aliphatic carbocycles. The zero-order valence-corrected chi connectivity index (χ0v) is 31.4. The molecule has 276 valence electrons. The van der Waals surface area contributed by atoms with Crippen LogP contribution in [0.2, 0.25) is 0 Å². The van der Waals surface area contributed by atoms with Gasteiger partial charge in [0.25, 0.3) is 5.91 Å². The van der Waals surface area contributed by atoms with E-state index in [4.69, 9.17) is 9.47 Å². The minimum atomic E-state index is -3.50. The van der Waals surface area contributed by atoms with E-state index in [9.17, 15) is 4.79 Å². The highest BCUT2D eigenvalue weighted by molar-refractivity contribution is 7.97. The van der Waals surface area contributed by atoms with Crippen LogP contribution >= 0.6 is 6.89 Å². The van der Waals surface area contributed by atoms with E-state index in [1.165, 1.54) is 43.4 Å². The summed E-state index contributed by atoms with van der Waals surface area (Å²) in [7, 11) is 2.67. The smallest absolute Gasteiger partial charge is 0.339 e. The van der Waals surface area contributed by atoms with Crippen molar-refractivity contribution in [3.8, 4) is 5.75 Å². The molecule has 1 amide bonds. The molecule has 8 rings (SSSR count). The average molecular weight is 760 g/mol. The number of carbonyl (C=O) groups is 4. The van der Waals surface area contributed by atoms with E-state index < -0.39 is 41.6 Å². The summed E-state index contributed by atoms with van der Waals surface area (Å²) >= 11 is 0. The molecule has 0 fully saturated rings. The highest BCUT2D eigenvalue weighted by atomic mass is 31.2. The van der Waals surface area contributed by atoms with Crippen LogP contribution in [0.3, 0.4) is 0 Å². The number of hydrogen-bond donors (Lipinski definition) is 0. The molecular weight excluding hydrogens is 724 g/mol. The summed E-state index contributed by atoms with van der Waals surface area (Å²) in [6.07, 6.45) is 0. The van der Waals surface area contributed by atoms with Gasteiger partial charge in [-0.1, -0.05) is 121 Å². The number of Topliss-reactive ketones (excluding diaryl/α,β-unsaturated/α-hetero) is 2. The number of hydrogen-bond acceptors (Lipinski definition) is 6. The van der Waals surface area contributed by atoms with Gasteiger partial charge in [0.15, 0.2) is 17.0 Å². The van der Waals surface area contributed by atoms with E-state index in [0.717, 1.165) is 11.6 Å². The maximum Gasteiger partial charge on any atom is 0.339 e. The molecule has 6 aromatic rings. The van der Waals surface area contributed by atoms with Gasteiger partial charge in [-0.25, -0.2) is 9.18 Å². The van der Waals surface area contributed by atoms with Crippen molar-refractivity contribution in [2.75, 3.05) is 19.1 Å². The van der Waals surface area contributed by atoms with Crippen molar-refractivity contribution in [2.45, 2.75) is 12.0 Å². The molecule has 9 heteroatoms. The van der Waals surface area contributed by atoms with Crippen LogP contribution in [-0.2, 0) is 31.1 Å². The number of esters is 1. The molecular formula is C47H35FNO6P. The maximum absolute atomic E-state index is 16.5. The van der Waals surface area contributed by atoms with Crippen molar-refractivity contribution in [3.63, 3.8) is 0 Å². The summed E-state index contributed by atoms with van der Waals surface area (Å²) in [6, 6.07) is 47.2. The fourth-order valence-electron chi connectivity index (χ4n) is 8.15. The number of rotatable bonds is 9. The lowest BCUT2D eigenvalue weighted by molar-refractivity contribution is -0.135. The minimum absolute atomic E-state index is 0.0105. The summed E-state index contributed by atoms with van der Waals surface area (Å²) < 4.78 is 26.6. The molecule has 0 aromatic heterocycles. The minimum Gasteiger partial charge on any atom is -0.497 e. The molecule has 56 heavy (non-hydrogen) atoms. The molecule has 0 radical (unpaired) electrons. The van der Waals surface area contributed by atoms with Crippen LogP contribution in [0.15, 0.2) is 175 Å². The maximum atomic E-state index is 16.5. The molecule has 1 atom stereocenters. The summed E-state index contributed by atoms with van der Waals surface area (Å²) in [5, 5.41) is 2.06. The van der Waals surface area contributed by atoms with Crippen molar-refractivity contribution in [1.29, 1.82) is 0 Å². The number of ether oxygens (including phenoxy) is 2. The lowest BCUT2D eigenvalue weighted by Crippen LogP contribution is -2.49. The number of carbonyl (C=O) groups excluding carboxylic acids is 4. The Balaban J connectivity index is 1.61. The van der Waals surface area contributed by atoms with Gasteiger partial charge in [0.05, 0.1) is 26.3 Å². The van der Waals surface area contributed by atoms with Gasteiger partial charge < -0.3 is 14.4 Å². The monoisotopic (exact) mass is 759 g/mol. The highest BCUT2D eigenvalue weighted by Crippen LogP contribution is 2.59. The van der Waals surface area contributed by atoms with Gasteiger partial charge in [-0.3, -0.25) is 14.4 Å². The number of methoxy groups -OCH3 is 2. The Morgan fingerprint density at radius 2 is 1.20 bits per heavy atom. The molecule has 0 bridgehead atoms. The molecule has 1 aliphatic heterocycles. The first-order valence-corrected chi connectivity index (χ1v) is 19.7. The molecule has 1 heterocycles.